The molecule has 21 heavy (non-hydrogen) atoms. The SMILES string of the molecule is C=CCNC(=O)c1sc(N2CCC(C(C)C)CC2)cc1N. The third kappa shape index (κ3) is 3.79. The number of nitrogens with zero attached hydrogens (tertiary/aromatic N) is 1. The first-order valence-electron chi connectivity index (χ1n) is 7.56. The van der Waals surface area contributed by atoms with Crippen LogP contribution in [0, 0.1) is 11.8 Å². The zero-order valence-corrected chi connectivity index (χ0v) is 13.7. The molecule has 5 heteroatoms. The molecule has 0 radical (unpaired) electrons. The van der Waals surface area contributed by atoms with Crippen LogP contribution < -0.4 is 16.0 Å². The number of piperidine rings is 1. The third-order valence-corrected chi connectivity index (χ3v) is 5.37. The second kappa shape index (κ2) is 6.98. The van der Waals surface area contributed by atoms with E-state index in [1.54, 1.807) is 6.08 Å². The first kappa shape index (κ1) is 15.9. The Morgan fingerprint density at radius 1 is 1.57 bits per heavy atom. The van der Waals surface area contributed by atoms with Gasteiger partial charge in [0.05, 0.1) is 10.7 Å². The number of carbonyl (C=O) groups is 1. The molecule has 4 nitrogen and oxygen atoms in total. The molecule has 1 saturated heterocycles. The summed E-state index contributed by atoms with van der Waals surface area (Å²) in [5.74, 6) is 1.45. The highest BCUT2D eigenvalue weighted by Gasteiger charge is 2.24. The molecule has 1 fully saturated rings. The minimum absolute atomic E-state index is 0.110. The minimum Gasteiger partial charge on any atom is -0.397 e. The third-order valence-electron chi connectivity index (χ3n) is 4.16. The predicted octanol–water partition coefficient (Wildman–Crippen LogP) is 3.12. The van der Waals surface area contributed by atoms with Gasteiger partial charge >= 0.3 is 0 Å². The largest absolute Gasteiger partial charge is 0.397 e. The molecule has 1 aliphatic heterocycles. The Hall–Kier alpha value is -1.49. The molecule has 3 N–H and O–H groups in total. The van der Waals surface area contributed by atoms with Gasteiger partial charge in [-0.05, 0) is 30.7 Å². The van der Waals surface area contributed by atoms with Gasteiger partial charge in [-0.1, -0.05) is 19.9 Å². The van der Waals surface area contributed by atoms with Gasteiger partial charge in [0.1, 0.15) is 4.88 Å². The summed E-state index contributed by atoms with van der Waals surface area (Å²) in [4.78, 5) is 15.0. The lowest BCUT2D eigenvalue weighted by atomic mass is 9.87. The predicted molar refractivity (Wildman–Crippen MR) is 91.0 cm³/mol. The van der Waals surface area contributed by atoms with Crippen molar-refractivity contribution in [3.63, 3.8) is 0 Å². The molecule has 0 bridgehead atoms. The second-order valence-electron chi connectivity index (χ2n) is 5.94. The van der Waals surface area contributed by atoms with Crippen LogP contribution >= 0.6 is 11.3 Å². The van der Waals surface area contributed by atoms with Crippen molar-refractivity contribution in [1.29, 1.82) is 0 Å². The highest BCUT2D eigenvalue weighted by Crippen LogP contribution is 2.35. The molecule has 0 saturated carbocycles. The van der Waals surface area contributed by atoms with E-state index in [9.17, 15) is 4.79 Å². The summed E-state index contributed by atoms with van der Waals surface area (Å²) in [7, 11) is 0. The quantitative estimate of drug-likeness (QED) is 0.822. The van der Waals surface area contributed by atoms with Crippen molar-refractivity contribution in [3.8, 4) is 0 Å². The standard InChI is InChI=1S/C16H25N3OS/c1-4-7-18-16(20)15-13(17)10-14(21-15)19-8-5-12(6-9-19)11(2)3/h4,10-12H,1,5-9,17H2,2-3H3,(H,18,20). The molecule has 0 atom stereocenters. The average molecular weight is 307 g/mol. The molecule has 1 aromatic rings. The molecule has 1 aromatic heterocycles. The highest BCUT2D eigenvalue weighted by atomic mass is 32.1. The number of anilines is 2. The number of nitrogens with one attached hydrogen (secondary N) is 1. The smallest absolute Gasteiger partial charge is 0.263 e. The summed E-state index contributed by atoms with van der Waals surface area (Å²) in [5, 5.41) is 3.89. The Balaban J connectivity index is 2.02. The fourth-order valence-corrected chi connectivity index (χ4v) is 3.80. The molecule has 116 valence electrons. The van der Waals surface area contributed by atoms with Crippen molar-refractivity contribution in [2.45, 2.75) is 26.7 Å². The summed E-state index contributed by atoms with van der Waals surface area (Å²) in [5.41, 5.74) is 6.57. The van der Waals surface area contributed by atoms with E-state index in [1.165, 1.54) is 24.2 Å². The lowest BCUT2D eigenvalue weighted by Crippen LogP contribution is -2.34. The van der Waals surface area contributed by atoms with Crippen LogP contribution in [0.1, 0.15) is 36.4 Å². The molecule has 2 heterocycles. The molecule has 0 aromatic carbocycles. The number of amides is 1. The first-order valence-corrected chi connectivity index (χ1v) is 8.38. The molecule has 2 rings (SSSR count). The summed E-state index contributed by atoms with van der Waals surface area (Å²) in [6.07, 6.45) is 4.10. The molecular weight excluding hydrogens is 282 g/mol. The topological polar surface area (TPSA) is 58.4 Å². The fraction of sp³-hybridized carbons (Fsp3) is 0.562. The van der Waals surface area contributed by atoms with Crippen LogP contribution in [-0.4, -0.2) is 25.5 Å². The van der Waals surface area contributed by atoms with Crippen LogP contribution in [0.4, 0.5) is 10.7 Å². The van der Waals surface area contributed by atoms with Gasteiger partial charge in [-0.25, -0.2) is 0 Å². The number of hydrogen-bond donors (Lipinski definition) is 2. The summed E-state index contributed by atoms with van der Waals surface area (Å²) in [6, 6.07) is 1.93. The van der Waals surface area contributed by atoms with Crippen LogP contribution in [0.2, 0.25) is 0 Å². The number of nitrogen functional groups attached to an aromatic ring is 1. The van der Waals surface area contributed by atoms with E-state index in [1.807, 2.05) is 6.07 Å². The summed E-state index contributed by atoms with van der Waals surface area (Å²) >= 11 is 1.49. The maximum atomic E-state index is 12.0. The molecule has 0 aliphatic carbocycles. The highest BCUT2D eigenvalue weighted by molar-refractivity contribution is 7.18. The summed E-state index contributed by atoms with van der Waals surface area (Å²) in [6.45, 7) is 10.8. The van der Waals surface area contributed by atoms with Gasteiger partial charge in [0.2, 0.25) is 0 Å². The van der Waals surface area contributed by atoms with E-state index < -0.39 is 0 Å². The van der Waals surface area contributed by atoms with E-state index in [0.717, 1.165) is 29.9 Å². The van der Waals surface area contributed by atoms with Crippen molar-refractivity contribution < 1.29 is 4.79 Å². The maximum Gasteiger partial charge on any atom is 0.263 e. The van der Waals surface area contributed by atoms with E-state index in [0.29, 0.717) is 17.1 Å². The van der Waals surface area contributed by atoms with Crippen LogP contribution in [0.25, 0.3) is 0 Å². The Kier molecular flexibility index (Phi) is 5.28. The number of carbonyl (C=O) groups excluding carboxylic acids is 1. The van der Waals surface area contributed by atoms with Crippen molar-refractivity contribution in [2.75, 3.05) is 30.3 Å². The van der Waals surface area contributed by atoms with Crippen molar-refractivity contribution in [1.82, 2.24) is 5.32 Å². The number of thiophene rings is 1. The van der Waals surface area contributed by atoms with Gasteiger partial charge in [0, 0.05) is 19.6 Å². The van der Waals surface area contributed by atoms with Gasteiger partial charge in [0.15, 0.2) is 0 Å². The Labute approximate surface area is 131 Å². The summed E-state index contributed by atoms with van der Waals surface area (Å²) < 4.78 is 0. The minimum atomic E-state index is -0.110. The average Bonchev–Trinajstić information content (AvgIpc) is 2.87. The fourth-order valence-electron chi connectivity index (χ4n) is 2.76. The zero-order valence-electron chi connectivity index (χ0n) is 12.9. The van der Waals surface area contributed by atoms with Crippen LogP contribution in [0.3, 0.4) is 0 Å². The maximum absolute atomic E-state index is 12.0. The molecule has 1 amide bonds. The Morgan fingerprint density at radius 3 is 2.81 bits per heavy atom. The van der Waals surface area contributed by atoms with Crippen molar-refractivity contribution >= 4 is 27.9 Å². The molecule has 0 spiro atoms. The van der Waals surface area contributed by atoms with Gasteiger partial charge < -0.3 is 16.0 Å². The van der Waals surface area contributed by atoms with Gasteiger partial charge in [-0.2, -0.15) is 0 Å². The first-order chi connectivity index (χ1) is 10.0. The lowest BCUT2D eigenvalue weighted by Gasteiger charge is -2.34. The number of rotatable bonds is 5. The van der Waals surface area contributed by atoms with Gasteiger partial charge in [0.25, 0.3) is 5.91 Å². The molecular formula is C16H25N3OS. The van der Waals surface area contributed by atoms with E-state index in [2.05, 4.69) is 30.6 Å². The van der Waals surface area contributed by atoms with Crippen molar-refractivity contribution in [2.24, 2.45) is 11.8 Å². The van der Waals surface area contributed by atoms with E-state index >= 15 is 0 Å². The van der Waals surface area contributed by atoms with Crippen LogP contribution in [-0.2, 0) is 0 Å². The second-order valence-corrected chi connectivity index (χ2v) is 6.97. The monoisotopic (exact) mass is 307 g/mol. The molecule has 0 unspecified atom stereocenters. The van der Waals surface area contributed by atoms with Crippen LogP contribution in [0.5, 0.6) is 0 Å². The van der Waals surface area contributed by atoms with Crippen LogP contribution in [0.15, 0.2) is 18.7 Å². The van der Waals surface area contributed by atoms with Gasteiger partial charge in [-0.15, -0.1) is 17.9 Å². The van der Waals surface area contributed by atoms with E-state index in [-0.39, 0.29) is 5.91 Å². The Morgan fingerprint density at radius 2 is 2.24 bits per heavy atom. The van der Waals surface area contributed by atoms with E-state index in [4.69, 9.17) is 5.73 Å². The normalized spacial score (nSPS) is 16.2. The van der Waals surface area contributed by atoms with Gasteiger partial charge in [-0.3, -0.25) is 4.79 Å². The molecule has 1 aliphatic rings. The lowest BCUT2D eigenvalue weighted by molar-refractivity contribution is 0.0963. The zero-order chi connectivity index (χ0) is 15.4. The number of hydrogen-bond acceptors (Lipinski definition) is 4. The Bertz CT molecular complexity index is 502. The number of nitrogens with two attached hydrogens (primary N) is 1. The van der Waals surface area contributed by atoms with Crippen molar-refractivity contribution in [3.05, 3.63) is 23.6 Å².